The second kappa shape index (κ2) is 5.00. The highest BCUT2D eigenvalue weighted by Gasteiger charge is 2.38. The quantitative estimate of drug-likeness (QED) is 0.804. The van der Waals surface area contributed by atoms with Gasteiger partial charge in [-0.2, -0.15) is 15.8 Å². The Morgan fingerprint density at radius 3 is 2.43 bits per heavy atom. The first kappa shape index (κ1) is 14.1. The van der Waals surface area contributed by atoms with E-state index in [0.29, 0.717) is 5.69 Å². The Morgan fingerprint density at radius 2 is 1.86 bits per heavy atom. The molecule has 0 radical (unpaired) electrons. The number of nitrogens with zero attached hydrogens (tertiary/aromatic N) is 3. The summed E-state index contributed by atoms with van der Waals surface area (Å²) in [6.07, 6.45) is 0. The van der Waals surface area contributed by atoms with Crippen molar-refractivity contribution in [2.24, 2.45) is 0 Å². The van der Waals surface area contributed by atoms with Gasteiger partial charge in [0, 0.05) is 11.4 Å². The van der Waals surface area contributed by atoms with Gasteiger partial charge in [-0.05, 0) is 37.6 Å². The first-order valence-corrected chi connectivity index (χ1v) is 6.11. The van der Waals surface area contributed by atoms with Crippen molar-refractivity contribution in [2.75, 3.05) is 10.6 Å². The molecule has 1 amide bonds. The third-order valence-corrected chi connectivity index (χ3v) is 3.36. The fraction of sp³-hybridized carbons (Fsp3) is 0.200. The highest BCUT2D eigenvalue weighted by molar-refractivity contribution is 6.06. The van der Waals surface area contributed by atoms with Crippen molar-refractivity contribution in [3.63, 3.8) is 0 Å². The van der Waals surface area contributed by atoms with E-state index in [0.717, 1.165) is 11.3 Å². The lowest BCUT2D eigenvalue weighted by Gasteiger charge is -2.16. The fourth-order valence-corrected chi connectivity index (χ4v) is 2.08. The fourth-order valence-electron chi connectivity index (χ4n) is 2.08. The minimum Gasteiger partial charge on any atom is -0.345 e. The van der Waals surface area contributed by atoms with Crippen molar-refractivity contribution in [3.05, 3.63) is 35.0 Å². The van der Waals surface area contributed by atoms with Crippen molar-refractivity contribution >= 4 is 17.3 Å². The van der Waals surface area contributed by atoms with Gasteiger partial charge in [-0.25, -0.2) is 0 Å². The first-order valence-electron chi connectivity index (χ1n) is 6.11. The second-order valence-electron chi connectivity index (χ2n) is 5.05. The Morgan fingerprint density at radius 1 is 1.19 bits per heavy atom. The lowest BCUT2D eigenvalue weighted by atomic mass is 9.86. The van der Waals surface area contributed by atoms with Crippen LogP contribution in [0.5, 0.6) is 0 Å². The van der Waals surface area contributed by atoms with Gasteiger partial charge in [0.1, 0.15) is 23.9 Å². The van der Waals surface area contributed by atoms with E-state index in [1.807, 2.05) is 0 Å². The normalized spacial score (nSPS) is 14.0. The molecule has 2 N–H and O–H groups in total. The molecule has 0 unspecified atom stereocenters. The molecular weight excluding hydrogens is 266 g/mol. The van der Waals surface area contributed by atoms with Gasteiger partial charge in [-0.1, -0.05) is 0 Å². The number of hydrogen-bond acceptors (Lipinski definition) is 5. The van der Waals surface area contributed by atoms with E-state index in [1.54, 1.807) is 50.3 Å². The van der Waals surface area contributed by atoms with Crippen LogP contribution in [0, 0.1) is 34.0 Å². The van der Waals surface area contributed by atoms with Crippen molar-refractivity contribution in [1.82, 2.24) is 0 Å². The van der Waals surface area contributed by atoms with Gasteiger partial charge in [0.2, 0.25) is 5.91 Å². The van der Waals surface area contributed by atoms with E-state index >= 15 is 0 Å². The monoisotopic (exact) mass is 277 g/mol. The highest BCUT2D eigenvalue weighted by atomic mass is 16.2. The number of anilines is 2. The number of nitrogens with one attached hydrogen (secondary N) is 2. The molecular formula is C15H11N5O. The Balaban J connectivity index is 2.43. The van der Waals surface area contributed by atoms with E-state index in [9.17, 15) is 4.79 Å². The molecule has 1 aromatic rings. The maximum Gasteiger partial charge on any atom is 0.234 e. The summed E-state index contributed by atoms with van der Waals surface area (Å²) in [5, 5.41) is 32.1. The molecule has 21 heavy (non-hydrogen) atoms. The molecule has 6 heteroatoms. The molecule has 1 heterocycles. The maximum atomic E-state index is 11.9. The molecule has 0 bridgehead atoms. The molecule has 6 nitrogen and oxygen atoms in total. The predicted octanol–water partition coefficient (Wildman–Crippen LogP) is 2.15. The molecule has 0 aromatic heterocycles. The Labute approximate surface area is 121 Å². The van der Waals surface area contributed by atoms with Gasteiger partial charge in [0.15, 0.2) is 5.57 Å². The standard InChI is InChI=1S/C15H11N5O/c1-15(2)11-5-10(3-4-12(11)20-14(15)21)19-13(8-18)9(6-16)7-17/h3-5,19H,1-2H3,(H,20,21). The summed E-state index contributed by atoms with van der Waals surface area (Å²) in [4.78, 5) is 11.9. The third kappa shape index (κ3) is 2.29. The second-order valence-corrected chi connectivity index (χ2v) is 5.05. The Hall–Kier alpha value is -3.30. The predicted molar refractivity (Wildman–Crippen MR) is 75.6 cm³/mol. The van der Waals surface area contributed by atoms with E-state index in [4.69, 9.17) is 15.8 Å². The molecule has 0 saturated heterocycles. The first-order chi connectivity index (χ1) is 9.93. The smallest absolute Gasteiger partial charge is 0.234 e. The number of amides is 1. The molecule has 0 aliphatic carbocycles. The van der Waals surface area contributed by atoms with Crippen LogP contribution in [0.25, 0.3) is 0 Å². The minimum absolute atomic E-state index is 0.0968. The third-order valence-electron chi connectivity index (χ3n) is 3.36. The molecule has 102 valence electrons. The number of allylic oxidation sites excluding steroid dienone is 2. The van der Waals surface area contributed by atoms with Crippen LogP contribution in [-0.4, -0.2) is 5.91 Å². The summed E-state index contributed by atoms with van der Waals surface area (Å²) < 4.78 is 0. The molecule has 0 atom stereocenters. The van der Waals surface area contributed by atoms with Crippen LogP contribution in [0.4, 0.5) is 11.4 Å². The Kier molecular flexibility index (Phi) is 3.36. The number of hydrogen-bond donors (Lipinski definition) is 2. The number of carbonyl (C=O) groups excluding carboxylic acids is 1. The summed E-state index contributed by atoms with van der Waals surface area (Å²) in [5.74, 6) is -0.0968. The van der Waals surface area contributed by atoms with Crippen LogP contribution in [0.3, 0.4) is 0 Å². The molecule has 1 aliphatic heterocycles. The minimum atomic E-state index is -0.670. The van der Waals surface area contributed by atoms with Gasteiger partial charge >= 0.3 is 0 Å². The Bertz CT molecular complexity index is 768. The zero-order valence-corrected chi connectivity index (χ0v) is 11.5. The van der Waals surface area contributed by atoms with E-state index < -0.39 is 5.41 Å². The van der Waals surface area contributed by atoms with E-state index in [2.05, 4.69) is 10.6 Å². The maximum absolute atomic E-state index is 11.9. The summed E-state index contributed by atoms with van der Waals surface area (Å²) in [5.41, 5.74) is 0.986. The lowest BCUT2D eigenvalue weighted by molar-refractivity contribution is -0.119. The van der Waals surface area contributed by atoms with Crippen molar-refractivity contribution < 1.29 is 4.79 Å². The molecule has 0 fully saturated rings. The summed E-state index contributed by atoms with van der Waals surface area (Å²) >= 11 is 0. The summed E-state index contributed by atoms with van der Waals surface area (Å²) in [6.45, 7) is 3.60. The molecule has 2 rings (SSSR count). The number of fused-ring (bicyclic) bond motifs is 1. The lowest BCUT2D eigenvalue weighted by Crippen LogP contribution is -2.26. The van der Waals surface area contributed by atoms with Crippen molar-refractivity contribution in [1.29, 1.82) is 15.8 Å². The van der Waals surface area contributed by atoms with Gasteiger partial charge in [0.05, 0.1) is 5.41 Å². The van der Waals surface area contributed by atoms with Crippen molar-refractivity contribution in [3.8, 4) is 18.2 Å². The van der Waals surface area contributed by atoms with Crippen LogP contribution >= 0.6 is 0 Å². The van der Waals surface area contributed by atoms with Gasteiger partial charge in [-0.15, -0.1) is 0 Å². The zero-order chi connectivity index (χ0) is 15.6. The average Bonchev–Trinajstić information content (AvgIpc) is 2.69. The van der Waals surface area contributed by atoms with Crippen LogP contribution in [-0.2, 0) is 10.2 Å². The molecule has 0 saturated carbocycles. The van der Waals surface area contributed by atoms with Crippen LogP contribution < -0.4 is 10.6 Å². The number of rotatable bonds is 2. The van der Waals surface area contributed by atoms with Crippen LogP contribution in [0.2, 0.25) is 0 Å². The van der Waals surface area contributed by atoms with E-state index in [1.165, 1.54) is 0 Å². The largest absolute Gasteiger partial charge is 0.345 e. The SMILES string of the molecule is CC1(C)C(=O)Nc2ccc(NC(C#N)=C(C#N)C#N)cc21. The highest BCUT2D eigenvalue weighted by Crippen LogP contribution is 2.38. The van der Waals surface area contributed by atoms with Crippen LogP contribution in [0.1, 0.15) is 19.4 Å². The zero-order valence-electron chi connectivity index (χ0n) is 11.5. The number of carbonyl (C=O) groups is 1. The van der Waals surface area contributed by atoms with Gasteiger partial charge in [-0.3, -0.25) is 4.79 Å². The molecule has 1 aromatic carbocycles. The van der Waals surface area contributed by atoms with Gasteiger partial charge < -0.3 is 10.6 Å². The van der Waals surface area contributed by atoms with Gasteiger partial charge in [0.25, 0.3) is 0 Å². The van der Waals surface area contributed by atoms with E-state index in [-0.39, 0.29) is 17.2 Å². The summed E-state index contributed by atoms with van der Waals surface area (Å²) in [7, 11) is 0. The molecule has 1 aliphatic rings. The van der Waals surface area contributed by atoms with Crippen molar-refractivity contribution in [2.45, 2.75) is 19.3 Å². The summed E-state index contributed by atoms with van der Waals surface area (Å²) in [6, 6.07) is 10.2. The average molecular weight is 277 g/mol. The topological polar surface area (TPSA) is 112 Å². The molecule has 0 spiro atoms. The number of benzene rings is 1. The number of nitriles is 3. The van der Waals surface area contributed by atoms with Crippen LogP contribution in [0.15, 0.2) is 29.5 Å².